The Bertz CT molecular complexity index is 1040. The second-order valence-corrected chi connectivity index (χ2v) is 7.56. The minimum Gasteiger partial charge on any atom is -0.494 e. The van der Waals surface area contributed by atoms with E-state index in [1.165, 1.54) is 0 Å². The number of aromatic nitrogens is 2. The van der Waals surface area contributed by atoms with Crippen LogP contribution in [0.25, 0.3) is 5.65 Å². The number of ether oxygens (including phenoxy) is 1. The SMILES string of the molecule is CCCCOc1ccc(NC(=O)CCCNC(=O)c2c(C)nc3c(C)cccn23)cc1. The van der Waals surface area contributed by atoms with Crippen molar-refractivity contribution in [3.63, 3.8) is 0 Å². The van der Waals surface area contributed by atoms with Gasteiger partial charge in [0.15, 0.2) is 0 Å². The first kappa shape index (κ1) is 22.3. The Hall–Kier alpha value is -3.35. The summed E-state index contributed by atoms with van der Waals surface area (Å²) in [6, 6.07) is 11.2. The standard InChI is InChI=1S/C24H30N4O3/c1-4-5-16-31-20-12-10-19(11-13-20)27-21(29)9-6-14-25-24(30)22-18(3)26-23-17(2)8-7-15-28(22)23/h7-8,10-13,15H,4-6,9,14,16H2,1-3H3,(H,25,30)(H,27,29). The summed E-state index contributed by atoms with van der Waals surface area (Å²) in [7, 11) is 0. The molecule has 0 spiro atoms. The summed E-state index contributed by atoms with van der Waals surface area (Å²) in [6.45, 7) is 7.02. The molecule has 2 amide bonds. The Kier molecular flexibility index (Phi) is 7.65. The van der Waals surface area contributed by atoms with E-state index >= 15 is 0 Å². The lowest BCUT2D eigenvalue weighted by Crippen LogP contribution is -2.27. The molecule has 2 N–H and O–H groups in total. The third-order valence-electron chi connectivity index (χ3n) is 5.01. The number of benzene rings is 1. The van der Waals surface area contributed by atoms with Gasteiger partial charge in [0.2, 0.25) is 5.91 Å². The molecule has 0 saturated carbocycles. The van der Waals surface area contributed by atoms with Crippen molar-refractivity contribution >= 4 is 23.1 Å². The van der Waals surface area contributed by atoms with Crippen molar-refractivity contribution in [2.24, 2.45) is 0 Å². The molecule has 1 aromatic carbocycles. The zero-order chi connectivity index (χ0) is 22.2. The number of rotatable bonds is 10. The van der Waals surface area contributed by atoms with E-state index in [1.807, 2.05) is 60.8 Å². The monoisotopic (exact) mass is 422 g/mol. The van der Waals surface area contributed by atoms with Crippen LogP contribution >= 0.6 is 0 Å². The molecule has 2 aromatic heterocycles. The molecule has 0 atom stereocenters. The zero-order valence-corrected chi connectivity index (χ0v) is 18.4. The predicted molar refractivity (Wildman–Crippen MR) is 122 cm³/mol. The van der Waals surface area contributed by atoms with Crippen LogP contribution in [0.1, 0.15) is 54.4 Å². The van der Waals surface area contributed by atoms with E-state index in [0.717, 1.165) is 35.5 Å². The highest BCUT2D eigenvalue weighted by molar-refractivity contribution is 5.95. The summed E-state index contributed by atoms with van der Waals surface area (Å²) in [5, 5.41) is 5.76. The third-order valence-corrected chi connectivity index (χ3v) is 5.01. The highest BCUT2D eigenvalue weighted by Crippen LogP contribution is 2.17. The van der Waals surface area contributed by atoms with E-state index in [4.69, 9.17) is 4.74 Å². The second-order valence-electron chi connectivity index (χ2n) is 7.56. The molecule has 0 aliphatic heterocycles. The molecule has 3 aromatic rings. The number of unbranched alkanes of at least 4 members (excludes halogenated alkanes) is 1. The van der Waals surface area contributed by atoms with E-state index in [-0.39, 0.29) is 11.8 Å². The Balaban J connectivity index is 1.43. The number of carbonyl (C=O) groups excluding carboxylic acids is 2. The van der Waals surface area contributed by atoms with Crippen LogP contribution in [0.3, 0.4) is 0 Å². The van der Waals surface area contributed by atoms with Crippen LogP contribution in [0.5, 0.6) is 5.75 Å². The minimum atomic E-state index is -0.185. The number of nitrogens with one attached hydrogen (secondary N) is 2. The van der Waals surface area contributed by atoms with E-state index in [9.17, 15) is 9.59 Å². The van der Waals surface area contributed by atoms with Gasteiger partial charge < -0.3 is 15.4 Å². The summed E-state index contributed by atoms with van der Waals surface area (Å²) in [4.78, 5) is 29.3. The normalized spacial score (nSPS) is 10.8. The molecular weight excluding hydrogens is 392 g/mol. The van der Waals surface area contributed by atoms with Crippen LogP contribution in [0.15, 0.2) is 42.6 Å². The van der Waals surface area contributed by atoms with Crippen LogP contribution in [-0.2, 0) is 4.79 Å². The summed E-state index contributed by atoms with van der Waals surface area (Å²) in [5.41, 5.74) is 3.75. The number of hydrogen-bond donors (Lipinski definition) is 2. The number of imidazole rings is 1. The van der Waals surface area contributed by atoms with Crippen LogP contribution < -0.4 is 15.4 Å². The maximum Gasteiger partial charge on any atom is 0.270 e. The zero-order valence-electron chi connectivity index (χ0n) is 18.4. The first-order valence-corrected chi connectivity index (χ1v) is 10.7. The van der Waals surface area contributed by atoms with Crippen molar-refractivity contribution in [3.8, 4) is 5.75 Å². The number of amides is 2. The van der Waals surface area contributed by atoms with E-state index in [0.29, 0.717) is 37.4 Å². The molecule has 0 unspecified atom stereocenters. The molecule has 7 nitrogen and oxygen atoms in total. The van der Waals surface area contributed by atoms with Crippen LogP contribution in [0, 0.1) is 13.8 Å². The van der Waals surface area contributed by atoms with Crippen molar-refractivity contribution in [1.29, 1.82) is 0 Å². The number of hydrogen-bond acceptors (Lipinski definition) is 4. The lowest BCUT2D eigenvalue weighted by molar-refractivity contribution is -0.116. The van der Waals surface area contributed by atoms with Crippen molar-refractivity contribution in [1.82, 2.24) is 14.7 Å². The first-order chi connectivity index (χ1) is 15.0. The Morgan fingerprint density at radius 3 is 2.61 bits per heavy atom. The minimum absolute atomic E-state index is 0.0875. The molecule has 0 aliphatic carbocycles. The van der Waals surface area contributed by atoms with E-state index in [1.54, 1.807) is 0 Å². The van der Waals surface area contributed by atoms with Crippen LogP contribution in [0.4, 0.5) is 5.69 Å². The molecule has 0 bridgehead atoms. The van der Waals surface area contributed by atoms with Crippen molar-refractivity contribution in [2.75, 3.05) is 18.5 Å². The average molecular weight is 423 g/mol. The summed E-state index contributed by atoms with van der Waals surface area (Å²) in [5.74, 6) is 0.525. The molecule has 31 heavy (non-hydrogen) atoms. The molecule has 2 heterocycles. The van der Waals surface area contributed by atoms with Crippen molar-refractivity contribution in [2.45, 2.75) is 46.5 Å². The molecule has 0 radical (unpaired) electrons. The summed E-state index contributed by atoms with van der Waals surface area (Å²) in [6.07, 6.45) is 4.81. The molecule has 0 aliphatic rings. The van der Waals surface area contributed by atoms with Crippen molar-refractivity contribution < 1.29 is 14.3 Å². The lowest BCUT2D eigenvalue weighted by atomic mass is 10.2. The van der Waals surface area contributed by atoms with Gasteiger partial charge >= 0.3 is 0 Å². The summed E-state index contributed by atoms with van der Waals surface area (Å²) >= 11 is 0. The Labute approximate surface area is 182 Å². The number of fused-ring (bicyclic) bond motifs is 1. The quantitative estimate of drug-likeness (QED) is 0.478. The third kappa shape index (κ3) is 5.84. The molecule has 0 fully saturated rings. The van der Waals surface area contributed by atoms with Gasteiger partial charge in [0, 0.05) is 24.8 Å². The number of pyridine rings is 1. The average Bonchev–Trinajstić information content (AvgIpc) is 3.10. The lowest BCUT2D eigenvalue weighted by Gasteiger charge is -2.09. The van der Waals surface area contributed by atoms with Gasteiger partial charge in [-0.15, -0.1) is 0 Å². The number of aryl methyl sites for hydroxylation is 2. The number of carbonyl (C=O) groups is 2. The highest BCUT2D eigenvalue weighted by Gasteiger charge is 2.17. The molecule has 0 saturated heterocycles. The maximum atomic E-state index is 12.6. The number of nitrogens with zero attached hydrogens (tertiary/aromatic N) is 2. The fraction of sp³-hybridized carbons (Fsp3) is 0.375. The molecular formula is C24H30N4O3. The van der Waals surface area contributed by atoms with Gasteiger partial charge in [-0.05, 0) is 62.6 Å². The maximum absolute atomic E-state index is 12.6. The van der Waals surface area contributed by atoms with Crippen molar-refractivity contribution in [3.05, 3.63) is 59.5 Å². The molecule has 7 heteroatoms. The molecule has 3 rings (SSSR count). The largest absolute Gasteiger partial charge is 0.494 e. The Morgan fingerprint density at radius 1 is 1.10 bits per heavy atom. The first-order valence-electron chi connectivity index (χ1n) is 10.7. The van der Waals surface area contributed by atoms with Gasteiger partial charge in [-0.2, -0.15) is 0 Å². The van der Waals surface area contributed by atoms with Gasteiger partial charge in [0.1, 0.15) is 17.1 Å². The number of anilines is 1. The Morgan fingerprint density at radius 2 is 1.87 bits per heavy atom. The predicted octanol–water partition coefficient (Wildman–Crippen LogP) is 4.28. The van der Waals surface area contributed by atoms with E-state index < -0.39 is 0 Å². The fourth-order valence-electron chi connectivity index (χ4n) is 3.32. The fourth-order valence-corrected chi connectivity index (χ4v) is 3.32. The second kappa shape index (κ2) is 10.6. The van der Waals surface area contributed by atoms with Crippen LogP contribution in [-0.4, -0.2) is 34.4 Å². The summed E-state index contributed by atoms with van der Waals surface area (Å²) < 4.78 is 7.43. The van der Waals surface area contributed by atoms with Gasteiger partial charge in [-0.3, -0.25) is 14.0 Å². The smallest absolute Gasteiger partial charge is 0.270 e. The highest BCUT2D eigenvalue weighted by atomic mass is 16.5. The van der Waals surface area contributed by atoms with E-state index in [2.05, 4.69) is 22.5 Å². The van der Waals surface area contributed by atoms with Gasteiger partial charge in [0.05, 0.1) is 12.3 Å². The van der Waals surface area contributed by atoms with Gasteiger partial charge in [-0.1, -0.05) is 19.4 Å². The molecule has 164 valence electrons. The van der Waals surface area contributed by atoms with Gasteiger partial charge in [-0.25, -0.2) is 4.98 Å². The van der Waals surface area contributed by atoms with Gasteiger partial charge in [0.25, 0.3) is 5.91 Å². The topological polar surface area (TPSA) is 84.7 Å². The van der Waals surface area contributed by atoms with Crippen LogP contribution in [0.2, 0.25) is 0 Å².